The summed E-state index contributed by atoms with van der Waals surface area (Å²) in [7, 11) is 29.4. The molecule has 3 aromatic carbocycles. The van der Waals surface area contributed by atoms with Crippen LogP contribution in [-0.2, 0) is 85.9 Å². The minimum Gasteiger partial charge on any atom is -0.633 e. The molecule has 0 saturated heterocycles. The lowest BCUT2D eigenvalue weighted by Gasteiger charge is -2.27. The Labute approximate surface area is 742 Å². The summed E-state index contributed by atoms with van der Waals surface area (Å²) in [5, 5.41) is 18.1. The number of hydroxylamine groups is 3. The van der Waals surface area contributed by atoms with E-state index in [1.54, 1.807) is 126 Å². The maximum atomic E-state index is 10.8. The first-order valence-corrected chi connectivity index (χ1v) is 41.9. The van der Waals surface area contributed by atoms with Crippen molar-refractivity contribution in [3.8, 4) is 0 Å². The zero-order valence-corrected chi connectivity index (χ0v) is 86.9. The van der Waals surface area contributed by atoms with Crippen LogP contribution in [0.2, 0.25) is 0 Å². The Morgan fingerprint density at radius 1 is 0.529 bits per heavy atom. The Balaban J connectivity index is -0.0000000460. The van der Waals surface area contributed by atoms with E-state index in [1.165, 1.54) is 99.5 Å². The van der Waals surface area contributed by atoms with Gasteiger partial charge in [0.15, 0.2) is 11.6 Å². The lowest BCUT2D eigenvalue weighted by atomic mass is 10.1. The number of nitrogens with one attached hydrogen (secondary N) is 1. The Morgan fingerprint density at radius 3 is 0.760 bits per heavy atom. The topological polar surface area (TPSA) is 405 Å². The fourth-order valence-electron chi connectivity index (χ4n) is 2.17. The average molecular weight is 1810 g/mol. The summed E-state index contributed by atoms with van der Waals surface area (Å²) in [5.41, 5.74) is 11.2. The van der Waals surface area contributed by atoms with E-state index in [4.69, 9.17) is 10.8 Å². The number of nitrogens with zero attached hydrogens (tertiary/aromatic N) is 5. The first-order valence-electron chi connectivity index (χ1n) is 36.9. The minimum absolute atomic E-state index is 0. The van der Waals surface area contributed by atoms with Gasteiger partial charge < -0.3 is 68.2 Å². The summed E-state index contributed by atoms with van der Waals surface area (Å²) < 4.78 is 99.1. The van der Waals surface area contributed by atoms with E-state index in [0.717, 1.165) is 56.6 Å². The van der Waals surface area contributed by atoms with Crippen LogP contribution in [0.15, 0.2) is 133 Å². The number of methoxy groups -OCH3 is 6. The summed E-state index contributed by atoms with van der Waals surface area (Å²) >= 11 is 0. The number of amides is 1. The summed E-state index contributed by atoms with van der Waals surface area (Å²) in [6.07, 6.45) is 2.52. The van der Waals surface area contributed by atoms with Gasteiger partial charge in [-0.15, -0.1) is 26.3 Å². The van der Waals surface area contributed by atoms with Crippen molar-refractivity contribution < 1.29 is 114 Å². The van der Waals surface area contributed by atoms with Crippen molar-refractivity contribution in [1.82, 2.24) is 14.5 Å². The number of ketones is 3. The maximum absolute atomic E-state index is 10.8. The van der Waals surface area contributed by atoms with Gasteiger partial charge in [0.25, 0.3) is 10.1 Å². The van der Waals surface area contributed by atoms with E-state index in [2.05, 4.69) is 168 Å². The predicted octanol–water partition coefficient (Wildman–Crippen LogP) is 16.3. The van der Waals surface area contributed by atoms with E-state index < -0.39 is 36.7 Å². The van der Waals surface area contributed by atoms with Crippen molar-refractivity contribution in [1.29, 1.82) is 0 Å². The molecule has 0 bridgehead atoms. The van der Waals surface area contributed by atoms with E-state index >= 15 is 0 Å². The van der Waals surface area contributed by atoms with Gasteiger partial charge in [-0.25, -0.2) is 22.7 Å². The number of allylic oxidation sites excluding steroid dienone is 2. The van der Waals surface area contributed by atoms with Gasteiger partial charge in [0.05, 0.1) is 117 Å². The lowest BCUT2D eigenvalue weighted by molar-refractivity contribution is -0.849. The third kappa shape index (κ3) is 388. The highest BCUT2D eigenvalue weighted by molar-refractivity contribution is 7.88. The normalized spacial score (nSPS) is 8.82. The van der Waals surface area contributed by atoms with Crippen LogP contribution in [0.1, 0.15) is 204 Å². The second kappa shape index (κ2) is 121. The number of carbonyl (C=O) groups excluding carboxylic acids is 7. The molecule has 728 valence electrons. The minimum atomic E-state index is -3.66. The van der Waals surface area contributed by atoms with Crippen LogP contribution >= 0.6 is 0 Å². The van der Waals surface area contributed by atoms with Crippen molar-refractivity contribution in [3.05, 3.63) is 150 Å². The molecule has 0 spiro atoms. The van der Waals surface area contributed by atoms with E-state index in [9.17, 15) is 64.0 Å². The Morgan fingerprint density at radius 2 is 0.694 bits per heavy atom. The molecule has 3 aromatic rings. The number of nitrogens with two attached hydrogens (primary N) is 1. The number of Topliss-reactive ketones (excluding diaryl/α,β-unsaturated/α-hetero) is 3. The molecule has 0 radical (unpaired) electrons. The molecule has 0 unspecified atom stereocenters. The maximum Gasteiger partial charge on any atom is 0.507 e. The zero-order valence-electron chi connectivity index (χ0n) is 84.4. The van der Waals surface area contributed by atoms with E-state index in [-0.39, 0.29) is 58.9 Å². The van der Waals surface area contributed by atoms with Gasteiger partial charge in [0.2, 0.25) is 15.9 Å². The number of esters is 2. The first-order chi connectivity index (χ1) is 54.0. The Hall–Kier alpha value is -7.39. The highest BCUT2D eigenvalue weighted by atomic mass is 32.3. The van der Waals surface area contributed by atoms with Gasteiger partial charge in [-0.3, -0.25) is 36.7 Å². The molecule has 34 heteroatoms. The lowest BCUT2D eigenvalue weighted by Crippen LogP contribution is -2.27. The second-order valence-corrected chi connectivity index (χ2v) is 33.1. The van der Waals surface area contributed by atoms with E-state index in [0.29, 0.717) is 16.7 Å². The standard InChI is InChI=1S/C10H10O2.C8H8O2.C6H6.C6H12.C4H9NO.C4H12N.C4H9N.C4H11N.C4H10.C3H9NO.C3H9N.C3H6O3.C3H6O2.2C3H8O.C3H6O.C3H8.C2H7NO2S.C2H6O4S.C2H6O3S.C2H6O.2C2H4.CH4/c1-7(11)9-3-5-10(6-4-9)8(2)12;1-10-8(9)7-5-3-2-4-6-7;1-2-4-6-5-3-1;1-5(2)6(3)4;1-4(6)5(2)3;1-5(2,3)4;1-4(2)5-3;1-4(2,3)5;1-4(2)3;1-4(2,3)5;1-4(2)3;1-5-3(4)6-2;1-3(4)5-2;1-3-4-2;2*1-3(2)4;1-3-2;1-3-6(2,4)5;1-5-7(3,4)6-2;1-5-6(2,3)4;1-3-2;2*1-2;/h3-6H,1-2H3;2-6H,1H3;1-6H;1-4H3;1-3H3;1-4H3;1-3H3;5H2,1-3H3;4H,1-3H3;1-3H3;1-3H3;1-2H3;1-2H3;3H2,1-2H3;3-4H,1-2H3;1-2H3;3H2,1-2H3;3H,1-2H3;1-2H3;1-2H3;1-2H3;2*1-2H2;1H4/q;;;;;+1;;;;;;;;;;;;;;;;;;. The van der Waals surface area contributed by atoms with Gasteiger partial charge >= 0.3 is 28.5 Å². The molecule has 0 aromatic heterocycles. The molecule has 0 aliphatic heterocycles. The SMILES string of the molecule is C.C=C.C=C.CC(=O)N(C)C.CC(=O)c1ccc(C(C)=O)cc1.CC(C)(C)N.CC(C)=C(C)C.CC(C)=O.CC(C)C.CC(C)O.CCC.CCOC.CN(C)C.CN=C(C)C.CNS(C)(=O)=O.COC.COC(=O)OC.COC(=O)c1ccccc1.COC(C)=O.COS(=O)(=O)OC.COS(C)(=O)=O.C[N+](C)(C)C.C[N+](C)(C)[O-].c1ccccc1. The quantitative estimate of drug-likeness (QED) is 0.0275. The van der Waals surface area contributed by atoms with Crippen molar-refractivity contribution in [3.63, 3.8) is 0 Å². The van der Waals surface area contributed by atoms with Crippen molar-refractivity contribution in [2.75, 3.05) is 189 Å². The highest BCUT2D eigenvalue weighted by Crippen LogP contribution is 2.05. The summed E-state index contributed by atoms with van der Waals surface area (Å²) in [6.45, 7) is 56.2. The summed E-state index contributed by atoms with van der Waals surface area (Å²) in [5.74, 6) is 0.593. The fraction of sp³-hybridized carbons (Fsp3) is 0.632. The van der Waals surface area contributed by atoms with Crippen LogP contribution < -0.4 is 10.5 Å². The van der Waals surface area contributed by atoms with Gasteiger partial charge in [0.1, 0.15) is 5.78 Å². The average Bonchev–Trinajstić information content (AvgIpc) is 0.890. The molecule has 3 rings (SSSR count). The smallest absolute Gasteiger partial charge is 0.507 e. The molecule has 0 atom stereocenters. The third-order valence-electron chi connectivity index (χ3n) is 7.63. The number of rotatable bonds is 8. The number of quaternary nitrogens is 2. The third-order valence-corrected chi connectivity index (χ3v) is 9.79. The van der Waals surface area contributed by atoms with Crippen molar-refractivity contribution >= 4 is 77.6 Å². The molecule has 1 amide bonds. The number of sulfonamides is 1. The highest BCUT2D eigenvalue weighted by Gasteiger charge is 2.03. The molecule has 0 heterocycles. The van der Waals surface area contributed by atoms with Crippen molar-refractivity contribution in [2.24, 2.45) is 16.6 Å². The van der Waals surface area contributed by atoms with Crippen LogP contribution in [0, 0.1) is 11.1 Å². The summed E-state index contributed by atoms with van der Waals surface area (Å²) in [4.78, 5) is 78.6. The number of aliphatic hydroxyl groups is 1. The summed E-state index contributed by atoms with van der Waals surface area (Å²) in [6, 6.07) is 27.5. The number of aliphatic imine (C=N–C) groups is 1. The molecule has 0 aliphatic rings. The van der Waals surface area contributed by atoms with Gasteiger partial charge in [-0.05, 0) is 157 Å². The van der Waals surface area contributed by atoms with E-state index in [1.807, 2.05) is 110 Å². The molecular weight excluding hydrogens is 1620 g/mol. The largest absolute Gasteiger partial charge is 0.633 e. The number of hydrogen-bond acceptors (Lipinski definition) is 27. The number of aliphatic hydroxyl groups excluding tert-OH is 1. The number of carbonyl (C=O) groups is 7. The zero-order chi connectivity index (χ0) is 102. The van der Waals surface area contributed by atoms with Crippen molar-refractivity contribution in [2.45, 2.75) is 185 Å². The predicted molar refractivity (Wildman–Crippen MR) is 514 cm³/mol. The molecule has 121 heavy (non-hydrogen) atoms. The molecule has 0 fully saturated rings. The van der Waals surface area contributed by atoms with Gasteiger partial charge in [-0.2, -0.15) is 16.8 Å². The van der Waals surface area contributed by atoms with Crippen LogP contribution in [0.4, 0.5) is 4.79 Å². The van der Waals surface area contributed by atoms with Crippen LogP contribution in [0.3, 0.4) is 0 Å². The molecule has 31 nitrogen and oxygen atoms in total. The van der Waals surface area contributed by atoms with Crippen LogP contribution in [0.25, 0.3) is 0 Å². The number of hydrogen-bond donors (Lipinski definition) is 3. The van der Waals surface area contributed by atoms with Gasteiger partial charge in [-0.1, -0.05) is 138 Å². The van der Waals surface area contributed by atoms with Gasteiger partial charge in [0, 0.05) is 91.4 Å². The fourth-order valence-corrected chi connectivity index (χ4v) is 2.30. The Kier molecular flexibility index (Phi) is 168. The van der Waals surface area contributed by atoms with Crippen LogP contribution in [0.5, 0.6) is 0 Å². The second-order valence-electron chi connectivity index (χ2n) is 27.9. The molecule has 0 saturated carbocycles. The number of ether oxygens (including phenoxy) is 6. The molecule has 0 aliphatic carbocycles. The first kappa shape index (κ1) is 168. The molecule has 4 N–H and O–H groups in total. The van der Waals surface area contributed by atoms with Crippen LogP contribution in [-0.4, -0.2) is 297 Å². The molecular formula is C87H184N7O24S3+. The number of benzene rings is 3. The monoisotopic (exact) mass is 1810 g/mol. The Bertz CT molecular complexity index is 2860.